The molecule has 0 saturated carbocycles. The quantitative estimate of drug-likeness (QED) is 0.779. The molecule has 2 nitrogen and oxygen atoms in total. The average Bonchev–Trinajstić information content (AvgIpc) is 2.46. The fourth-order valence-corrected chi connectivity index (χ4v) is 2.71. The molecule has 1 atom stereocenters. The minimum absolute atomic E-state index is 0.113. The third-order valence-electron chi connectivity index (χ3n) is 3.26. The number of benzene rings is 1. The maximum absolute atomic E-state index is 14.2. The summed E-state index contributed by atoms with van der Waals surface area (Å²) in [4.78, 5) is 3.98. The Balaban J connectivity index is 2.27. The summed E-state index contributed by atoms with van der Waals surface area (Å²) >= 11 is 9.45. The van der Waals surface area contributed by atoms with E-state index in [0.29, 0.717) is 17.0 Å². The highest BCUT2D eigenvalue weighted by Crippen LogP contribution is 2.26. The van der Waals surface area contributed by atoms with Gasteiger partial charge in [-0.05, 0) is 43.1 Å². The Morgan fingerprint density at radius 2 is 2.19 bits per heavy atom. The number of nitrogens with one attached hydrogen (secondary N) is 1. The second kappa shape index (κ2) is 7.87. The molecule has 1 aromatic heterocycles. The summed E-state index contributed by atoms with van der Waals surface area (Å²) in [5, 5.41) is 4.00. The van der Waals surface area contributed by atoms with E-state index in [9.17, 15) is 4.39 Å². The van der Waals surface area contributed by atoms with E-state index in [-0.39, 0.29) is 11.9 Å². The Hall–Kier alpha value is -0.970. The van der Waals surface area contributed by atoms with E-state index < -0.39 is 0 Å². The van der Waals surface area contributed by atoms with E-state index in [1.54, 1.807) is 12.4 Å². The van der Waals surface area contributed by atoms with Crippen molar-refractivity contribution in [2.24, 2.45) is 0 Å². The Kier molecular flexibility index (Phi) is 6.15. The largest absolute Gasteiger partial charge is 0.310 e. The van der Waals surface area contributed by atoms with Crippen LogP contribution in [0.4, 0.5) is 4.39 Å². The third-order valence-corrected chi connectivity index (χ3v) is 4.09. The second-order valence-corrected chi connectivity index (χ2v) is 6.17. The van der Waals surface area contributed by atoms with Gasteiger partial charge < -0.3 is 5.32 Å². The monoisotopic (exact) mass is 370 g/mol. The van der Waals surface area contributed by atoms with Gasteiger partial charge in [-0.3, -0.25) is 4.98 Å². The lowest BCUT2D eigenvalue weighted by Crippen LogP contribution is -2.25. The molecule has 0 fully saturated rings. The first-order valence-corrected chi connectivity index (χ1v) is 8.05. The third kappa shape index (κ3) is 4.50. The van der Waals surface area contributed by atoms with Gasteiger partial charge in [0, 0.05) is 28.5 Å². The lowest BCUT2D eigenvalue weighted by atomic mass is 9.98. The zero-order chi connectivity index (χ0) is 15.2. The minimum atomic E-state index is -0.219. The van der Waals surface area contributed by atoms with Crippen LogP contribution in [0.25, 0.3) is 0 Å². The molecule has 0 aliphatic heterocycles. The number of hydrogen-bond donors (Lipinski definition) is 1. The minimum Gasteiger partial charge on any atom is -0.310 e. The van der Waals surface area contributed by atoms with Crippen molar-refractivity contribution in [1.82, 2.24) is 10.3 Å². The zero-order valence-electron chi connectivity index (χ0n) is 11.7. The molecule has 2 rings (SSSR count). The van der Waals surface area contributed by atoms with Gasteiger partial charge in [0.25, 0.3) is 0 Å². The molecule has 2 aromatic rings. The van der Waals surface area contributed by atoms with E-state index in [2.05, 4.69) is 33.2 Å². The van der Waals surface area contributed by atoms with Crippen molar-refractivity contribution in [3.8, 4) is 0 Å². The smallest absolute Gasteiger partial charge is 0.129 e. The van der Waals surface area contributed by atoms with E-state index in [1.807, 2.05) is 18.2 Å². The van der Waals surface area contributed by atoms with Crippen LogP contribution < -0.4 is 5.32 Å². The number of pyridine rings is 1. The summed E-state index contributed by atoms with van der Waals surface area (Å²) < 4.78 is 15.0. The second-order valence-electron chi connectivity index (χ2n) is 4.84. The van der Waals surface area contributed by atoms with Gasteiger partial charge in [-0.15, -0.1) is 0 Å². The van der Waals surface area contributed by atoms with Crippen LogP contribution in [0.1, 0.15) is 30.5 Å². The number of aromatic nitrogens is 1. The van der Waals surface area contributed by atoms with E-state index in [1.165, 1.54) is 6.07 Å². The van der Waals surface area contributed by atoms with Crippen molar-refractivity contribution in [2.75, 3.05) is 6.54 Å². The van der Waals surface area contributed by atoms with Crippen LogP contribution in [0.3, 0.4) is 0 Å². The molecule has 0 aliphatic carbocycles. The van der Waals surface area contributed by atoms with E-state index >= 15 is 0 Å². The number of halogens is 3. The lowest BCUT2D eigenvalue weighted by molar-refractivity contribution is 0.496. The Labute approximate surface area is 137 Å². The molecular weight excluding hydrogens is 355 g/mol. The van der Waals surface area contributed by atoms with Crippen LogP contribution in [-0.4, -0.2) is 11.5 Å². The SMILES string of the molecule is CCCNC(Cc1ccncc1Cl)c1ccc(Br)cc1F. The van der Waals surface area contributed by atoms with Gasteiger partial charge in [-0.1, -0.05) is 40.5 Å². The van der Waals surface area contributed by atoms with E-state index in [0.717, 1.165) is 23.0 Å². The van der Waals surface area contributed by atoms with Crippen molar-refractivity contribution in [3.63, 3.8) is 0 Å². The summed E-state index contributed by atoms with van der Waals surface area (Å²) in [6.45, 7) is 2.91. The molecule has 1 N–H and O–H groups in total. The highest BCUT2D eigenvalue weighted by atomic mass is 79.9. The average molecular weight is 372 g/mol. The number of hydrogen-bond acceptors (Lipinski definition) is 2. The number of nitrogens with zero attached hydrogens (tertiary/aromatic N) is 1. The van der Waals surface area contributed by atoms with Crippen LogP contribution in [0, 0.1) is 5.82 Å². The van der Waals surface area contributed by atoms with Crippen LogP contribution in [0.2, 0.25) is 5.02 Å². The standard InChI is InChI=1S/C16H17BrClFN2/c1-2-6-21-16(8-11-5-7-20-10-14(11)18)13-4-3-12(17)9-15(13)19/h3-5,7,9-10,16,21H,2,6,8H2,1H3. The molecule has 0 saturated heterocycles. The van der Waals surface area contributed by atoms with Gasteiger partial charge in [-0.2, -0.15) is 0 Å². The molecule has 0 radical (unpaired) electrons. The zero-order valence-corrected chi connectivity index (χ0v) is 14.1. The first-order chi connectivity index (χ1) is 10.1. The molecule has 0 bridgehead atoms. The van der Waals surface area contributed by atoms with Crippen molar-refractivity contribution in [3.05, 3.63) is 63.1 Å². The van der Waals surface area contributed by atoms with Gasteiger partial charge in [-0.25, -0.2) is 4.39 Å². The summed E-state index contributed by atoms with van der Waals surface area (Å²) in [5.41, 5.74) is 1.61. The van der Waals surface area contributed by atoms with Crippen molar-refractivity contribution in [2.45, 2.75) is 25.8 Å². The fraction of sp³-hybridized carbons (Fsp3) is 0.312. The molecule has 5 heteroatoms. The predicted octanol–water partition coefficient (Wildman–Crippen LogP) is 4.92. The van der Waals surface area contributed by atoms with Gasteiger partial charge in [0.15, 0.2) is 0 Å². The fourth-order valence-electron chi connectivity index (χ4n) is 2.18. The topological polar surface area (TPSA) is 24.9 Å². The maximum atomic E-state index is 14.2. The first-order valence-electron chi connectivity index (χ1n) is 6.88. The summed E-state index contributed by atoms with van der Waals surface area (Å²) in [6, 6.07) is 6.91. The van der Waals surface area contributed by atoms with Crippen molar-refractivity contribution >= 4 is 27.5 Å². The van der Waals surface area contributed by atoms with Crippen LogP contribution in [0.5, 0.6) is 0 Å². The summed E-state index contributed by atoms with van der Waals surface area (Å²) in [6.07, 6.45) is 4.93. The molecule has 0 aliphatic rings. The normalized spacial score (nSPS) is 12.4. The predicted molar refractivity (Wildman–Crippen MR) is 88.1 cm³/mol. The number of rotatable bonds is 6. The highest BCUT2D eigenvalue weighted by molar-refractivity contribution is 9.10. The van der Waals surface area contributed by atoms with Gasteiger partial charge in [0.2, 0.25) is 0 Å². The molecule has 0 spiro atoms. The molecule has 0 amide bonds. The Bertz CT molecular complexity index is 607. The maximum Gasteiger partial charge on any atom is 0.129 e. The van der Waals surface area contributed by atoms with Crippen LogP contribution in [0.15, 0.2) is 41.1 Å². The molecule has 21 heavy (non-hydrogen) atoms. The Morgan fingerprint density at radius 1 is 1.38 bits per heavy atom. The van der Waals surface area contributed by atoms with Gasteiger partial charge >= 0.3 is 0 Å². The molecule has 1 unspecified atom stereocenters. The van der Waals surface area contributed by atoms with Gasteiger partial charge in [0.1, 0.15) is 5.82 Å². The van der Waals surface area contributed by atoms with E-state index in [4.69, 9.17) is 11.6 Å². The lowest BCUT2D eigenvalue weighted by Gasteiger charge is -2.20. The molecule has 1 heterocycles. The van der Waals surface area contributed by atoms with Crippen LogP contribution in [-0.2, 0) is 6.42 Å². The Morgan fingerprint density at radius 3 is 2.86 bits per heavy atom. The van der Waals surface area contributed by atoms with Crippen LogP contribution >= 0.6 is 27.5 Å². The summed E-state index contributed by atoms with van der Waals surface area (Å²) in [7, 11) is 0. The molecule has 112 valence electrons. The van der Waals surface area contributed by atoms with Crippen molar-refractivity contribution in [1.29, 1.82) is 0 Å². The first kappa shape index (κ1) is 16.4. The van der Waals surface area contributed by atoms with Crippen molar-refractivity contribution < 1.29 is 4.39 Å². The van der Waals surface area contributed by atoms with Gasteiger partial charge in [0.05, 0.1) is 5.02 Å². The molecular formula is C16H17BrClFN2. The highest BCUT2D eigenvalue weighted by Gasteiger charge is 2.17. The summed E-state index contributed by atoms with van der Waals surface area (Å²) in [5.74, 6) is -0.219. The molecule has 1 aromatic carbocycles.